The summed E-state index contributed by atoms with van der Waals surface area (Å²) < 4.78 is 0. The maximum absolute atomic E-state index is 11.9. The van der Waals surface area contributed by atoms with Crippen molar-refractivity contribution in [3.63, 3.8) is 0 Å². The minimum atomic E-state index is -0.884. The average molecular weight is 242 g/mol. The molecule has 1 rings (SSSR count). The quantitative estimate of drug-likeness (QED) is 0.676. The smallest absolute Gasteiger partial charge is 0.326 e. The Kier molecular flexibility index (Phi) is 5.41. The van der Waals surface area contributed by atoms with Crippen LogP contribution in [0.5, 0.6) is 0 Å². The van der Waals surface area contributed by atoms with Crippen molar-refractivity contribution in [2.75, 3.05) is 13.1 Å². The second-order valence-corrected chi connectivity index (χ2v) is 4.74. The molecule has 0 spiro atoms. The molecule has 5 nitrogen and oxygen atoms in total. The number of nitrogens with zero attached hydrogens (tertiary/aromatic N) is 1. The van der Waals surface area contributed by atoms with Crippen molar-refractivity contribution in [3.8, 4) is 0 Å². The van der Waals surface area contributed by atoms with Crippen LogP contribution in [0.25, 0.3) is 0 Å². The number of likely N-dealkylation sites (tertiary alicyclic amines) is 1. The van der Waals surface area contributed by atoms with Gasteiger partial charge in [0.05, 0.1) is 0 Å². The number of carbonyl (C=O) groups is 2. The van der Waals surface area contributed by atoms with Crippen molar-refractivity contribution >= 4 is 11.9 Å². The molecule has 2 unspecified atom stereocenters. The maximum atomic E-state index is 11.9. The van der Waals surface area contributed by atoms with E-state index in [2.05, 4.69) is 0 Å². The lowest BCUT2D eigenvalue weighted by atomic mass is 10.0. The van der Waals surface area contributed by atoms with Gasteiger partial charge >= 0.3 is 5.97 Å². The molecular formula is C12H22N2O3. The number of carbonyl (C=O) groups excluding carboxylic acids is 1. The third-order valence-corrected chi connectivity index (χ3v) is 3.37. The summed E-state index contributed by atoms with van der Waals surface area (Å²) in [7, 11) is 0. The van der Waals surface area contributed by atoms with Crippen LogP contribution in [0.1, 0.15) is 39.0 Å². The van der Waals surface area contributed by atoms with Gasteiger partial charge in [-0.2, -0.15) is 0 Å². The summed E-state index contributed by atoms with van der Waals surface area (Å²) in [5.41, 5.74) is 5.37. The van der Waals surface area contributed by atoms with E-state index in [1.165, 1.54) is 4.90 Å². The molecule has 0 aromatic carbocycles. The van der Waals surface area contributed by atoms with Gasteiger partial charge in [0.2, 0.25) is 5.91 Å². The lowest BCUT2D eigenvalue weighted by Crippen LogP contribution is -2.42. The van der Waals surface area contributed by atoms with Crippen molar-refractivity contribution in [1.29, 1.82) is 0 Å². The maximum Gasteiger partial charge on any atom is 0.326 e. The van der Waals surface area contributed by atoms with Crippen LogP contribution in [0.2, 0.25) is 0 Å². The molecule has 98 valence electrons. The Morgan fingerprint density at radius 2 is 2.06 bits per heavy atom. The average Bonchev–Trinajstić information content (AvgIpc) is 2.66. The number of hydrogen-bond donors (Lipinski definition) is 2. The molecule has 17 heavy (non-hydrogen) atoms. The molecule has 1 heterocycles. The molecule has 0 radical (unpaired) electrons. The Hall–Kier alpha value is -1.10. The fourth-order valence-electron chi connectivity index (χ4n) is 2.34. The first-order valence-corrected chi connectivity index (χ1v) is 6.30. The fraction of sp³-hybridized carbons (Fsp3) is 0.833. The largest absolute Gasteiger partial charge is 0.480 e. The zero-order valence-electron chi connectivity index (χ0n) is 10.4. The van der Waals surface area contributed by atoms with E-state index in [-0.39, 0.29) is 11.8 Å². The molecule has 0 aromatic rings. The van der Waals surface area contributed by atoms with Crippen LogP contribution in [0, 0.1) is 5.92 Å². The Morgan fingerprint density at radius 3 is 2.65 bits per heavy atom. The first kappa shape index (κ1) is 14.0. The number of carboxylic acid groups (broad SMARTS) is 1. The van der Waals surface area contributed by atoms with E-state index < -0.39 is 12.0 Å². The Morgan fingerprint density at radius 1 is 1.35 bits per heavy atom. The number of aliphatic carboxylic acids is 1. The van der Waals surface area contributed by atoms with Crippen molar-refractivity contribution < 1.29 is 14.7 Å². The number of hydrogen-bond acceptors (Lipinski definition) is 3. The van der Waals surface area contributed by atoms with Gasteiger partial charge in [0.1, 0.15) is 6.04 Å². The minimum Gasteiger partial charge on any atom is -0.480 e. The normalized spacial score (nSPS) is 24.0. The number of carboxylic acids is 1. The lowest BCUT2D eigenvalue weighted by molar-refractivity contribution is -0.149. The molecule has 1 amide bonds. The molecular weight excluding hydrogens is 220 g/mol. The summed E-state index contributed by atoms with van der Waals surface area (Å²) in [5.74, 6) is -0.857. The predicted molar refractivity (Wildman–Crippen MR) is 64.4 cm³/mol. The van der Waals surface area contributed by atoms with E-state index in [1.807, 2.05) is 6.92 Å². The summed E-state index contributed by atoms with van der Waals surface area (Å²) in [4.78, 5) is 24.5. The molecule has 3 N–H and O–H groups in total. The molecule has 1 saturated heterocycles. The molecule has 0 saturated carbocycles. The van der Waals surface area contributed by atoms with Crippen LogP contribution in [0.3, 0.4) is 0 Å². The zero-order valence-corrected chi connectivity index (χ0v) is 10.4. The summed E-state index contributed by atoms with van der Waals surface area (Å²) >= 11 is 0. The van der Waals surface area contributed by atoms with Crippen LogP contribution < -0.4 is 5.73 Å². The predicted octanol–water partition coefficient (Wildman–Crippen LogP) is 0.827. The van der Waals surface area contributed by atoms with Gasteiger partial charge in [-0.05, 0) is 31.7 Å². The topological polar surface area (TPSA) is 83.6 Å². The molecule has 2 atom stereocenters. The summed E-state index contributed by atoms with van der Waals surface area (Å²) in [5, 5.41) is 9.10. The number of unbranched alkanes of at least 4 members (excludes halogenated alkanes) is 2. The van der Waals surface area contributed by atoms with Gasteiger partial charge in [-0.25, -0.2) is 4.79 Å². The highest BCUT2D eigenvalue weighted by molar-refractivity contribution is 5.84. The van der Waals surface area contributed by atoms with Gasteiger partial charge in [-0.3, -0.25) is 4.79 Å². The minimum absolute atomic E-state index is 0.0289. The standard InChI is InChI=1S/C12H22N2O3/c1-9-6-8-14(11(9)12(16)17)10(15)5-3-2-4-7-13/h9,11H,2-8,13H2,1H3,(H,16,17). The van der Waals surface area contributed by atoms with Crippen LogP contribution in [0.15, 0.2) is 0 Å². The molecule has 1 aliphatic heterocycles. The molecule has 5 heteroatoms. The highest BCUT2D eigenvalue weighted by atomic mass is 16.4. The molecule has 1 fully saturated rings. The van der Waals surface area contributed by atoms with Gasteiger partial charge in [0, 0.05) is 13.0 Å². The molecule has 1 aliphatic rings. The lowest BCUT2D eigenvalue weighted by Gasteiger charge is -2.23. The number of nitrogens with two attached hydrogens (primary N) is 1. The first-order valence-electron chi connectivity index (χ1n) is 6.30. The first-order chi connectivity index (χ1) is 8.07. The highest BCUT2D eigenvalue weighted by Crippen LogP contribution is 2.25. The number of rotatable bonds is 6. The second-order valence-electron chi connectivity index (χ2n) is 4.74. The molecule has 0 aromatic heterocycles. The van der Waals surface area contributed by atoms with Gasteiger partial charge in [-0.1, -0.05) is 13.3 Å². The number of amides is 1. The Bertz CT molecular complexity index is 281. The van der Waals surface area contributed by atoms with E-state index in [9.17, 15) is 9.59 Å². The van der Waals surface area contributed by atoms with Crippen molar-refractivity contribution in [1.82, 2.24) is 4.90 Å². The SMILES string of the molecule is CC1CCN(C(=O)CCCCCN)C1C(=O)O. The van der Waals surface area contributed by atoms with Crippen LogP contribution in [-0.2, 0) is 9.59 Å². The van der Waals surface area contributed by atoms with Crippen molar-refractivity contribution in [3.05, 3.63) is 0 Å². The van der Waals surface area contributed by atoms with Crippen molar-refractivity contribution in [2.24, 2.45) is 11.7 Å². The Labute approximate surface area is 102 Å². The van der Waals surface area contributed by atoms with E-state index in [4.69, 9.17) is 10.8 Å². The summed E-state index contributed by atoms with van der Waals surface area (Å²) in [6, 6.07) is -0.628. The molecule has 0 bridgehead atoms. The van der Waals surface area contributed by atoms with Gasteiger partial charge in [0.15, 0.2) is 0 Å². The monoisotopic (exact) mass is 242 g/mol. The van der Waals surface area contributed by atoms with Gasteiger partial charge < -0.3 is 15.7 Å². The highest BCUT2D eigenvalue weighted by Gasteiger charge is 2.38. The van der Waals surface area contributed by atoms with E-state index in [1.54, 1.807) is 0 Å². The third-order valence-electron chi connectivity index (χ3n) is 3.37. The fourth-order valence-corrected chi connectivity index (χ4v) is 2.34. The van der Waals surface area contributed by atoms with Gasteiger partial charge in [-0.15, -0.1) is 0 Å². The van der Waals surface area contributed by atoms with E-state index in [0.717, 1.165) is 25.7 Å². The molecule has 0 aliphatic carbocycles. The van der Waals surface area contributed by atoms with Crippen molar-refractivity contribution in [2.45, 2.75) is 45.1 Å². The van der Waals surface area contributed by atoms with E-state index >= 15 is 0 Å². The van der Waals surface area contributed by atoms with Crippen LogP contribution in [-0.4, -0.2) is 41.0 Å². The Balaban J connectivity index is 2.42. The summed E-state index contributed by atoms with van der Waals surface area (Å²) in [6.07, 6.45) is 3.88. The van der Waals surface area contributed by atoms with E-state index in [0.29, 0.717) is 19.5 Å². The zero-order chi connectivity index (χ0) is 12.8. The summed E-state index contributed by atoms with van der Waals surface area (Å²) in [6.45, 7) is 3.11. The van der Waals surface area contributed by atoms with Gasteiger partial charge in [0.25, 0.3) is 0 Å². The van der Waals surface area contributed by atoms with Crippen LogP contribution >= 0.6 is 0 Å². The van der Waals surface area contributed by atoms with Crippen LogP contribution in [0.4, 0.5) is 0 Å². The third kappa shape index (κ3) is 3.70. The second kappa shape index (κ2) is 6.59.